The Hall–Kier alpha value is -1.83. The zero-order valence-corrected chi connectivity index (χ0v) is 17.9. The van der Waals surface area contributed by atoms with Crippen molar-refractivity contribution in [2.75, 3.05) is 0 Å². The van der Waals surface area contributed by atoms with Gasteiger partial charge in [0.2, 0.25) is 0 Å². The molecule has 1 fully saturated rings. The van der Waals surface area contributed by atoms with E-state index < -0.39 is 5.97 Å². The van der Waals surface area contributed by atoms with Crippen molar-refractivity contribution in [3.05, 3.63) is 58.2 Å². The number of carbonyl (C=O) groups is 1. The molecule has 2 aliphatic carbocycles. The van der Waals surface area contributed by atoms with Gasteiger partial charge in [-0.2, -0.15) is 0 Å². The first-order chi connectivity index (χ1) is 12.4. The molecule has 27 heavy (non-hydrogen) atoms. The Morgan fingerprint density at radius 1 is 1.04 bits per heavy atom. The van der Waals surface area contributed by atoms with Crippen LogP contribution < -0.4 is 0 Å². The van der Waals surface area contributed by atoms with Crippen molar-refractivity contribution in [2.24, 2.45) is 5.92 Å². The first-order valence-electron chi connectivity index (χ1n) is 10.1. The van der Waals surface area contributed by atoms with Gasteiger partial charge in [0.25, 0.3) is 0 Å². The van der Waals surface area contributed by atoms with Gasteiger partial charge in [-0.05, 0) is 83.1 Å². The zero-order valence-electron chi connectivity index (χ0n) is 17.9. The summed E-state index contributed by atoms with van der Waals surface area (Å²) in [5.74, 6) is -0.405. The highest BCUT2D eigenvalue weighted by atomic mass is 16.4. The third kappa shape index (κ3) is 3.63. The first kappa shape index (κ1) is 19.9. The molecule has 2 atom stereocenters. The molecule has 0 amide bonds. The van der Waals surface area contributed by atoms with Crippen LogP contribution in [-0.4, -0.2) is 11.1 Å². The molecular weight excluding hydrogens is 332 g/mol. The largest absolute Gasteiger partial charge is 0.478 e. The van der Waals surface area contributed by atoms with Gasteiger partial charge >= 0.3 is 5.97 Å². The molecule has 0 bridgehead atoms. The Bertz CT molecular complexity index is 838. The van der Waals surface area contributed by atoms with Crippen LogP contribution in [0.5, 0.6) is 0 Å². The van der Waals surface area contributed by atoms with E-state index in [1.807, 2.05) is 13.0 Å². The summed E-state index contributed by atoms with van der Waals surface area (Å²) in [6, 6.07) is 4.95. The number of carboxylic acids is 1. The summed E-state index contributed by atoms with van der Waals surface area (Å²) < 4.78 is 0. The number of fused-ring (bicyclic) bond motifs is 1. The molecular formula is C25H34O2. The number of aliphatic carboxylic acids is 1. The molecule has 0 radical (unpaired) electrons. The second kappa shape index (κ2) is 6.36. The topological polar surface area (TPSA) is 37.3 Å². The van der Waals surface area contributed by atoms with Gasteiger partial charge in [0.15, 0.2) is 0 Å². The molecule has 1 saturated carbocycles. The first-order valence-corrected chi connectivity index (χ1v) is 10.1. The molecule has 2 aliphatic rings. The van der Waals surface area contributed by atoms with E-state index in [9.17, 15) is 4.79 Å². The lowest BCUT2D eigenvalue weighted by Crippen LogP contribution is -2.34. The minimum Gasteiger partial charge on any atom is -0.478 e. The van der Waals surface area contributed by atoms with Crippen LogP contribution in [0.1, 0.15) is 83.1 Å². The number of aryl methyl sites for hydroxylation is 1. The van der Waals surface area contributed by atoms with Gasteiger partial charge in [-0.3, -0.25) is 0 Å². The fraction of sp³-hybridized carbons (Fsp3) is 0.560. The van der Waals surface area contributed by atoms with Crippen LogP contribution in [0.25, 0.3) is 0 Å². The molecule has 1 N–H and O–H groups in total. The normalized spacial score (nSPS) is 28.9. The van der Waals surface area contributed by atoms with Crippen molar-refractivity contribution in [3.8, 4) is 0 Å². The van der Waals surface area contributed by atoms with E-state index in [0.29, 0.717) is 5.92 Å². The molecule has 0 unspecified atom stereocenters. The fourth-order valence-corrected chi connectivity index (χ4v) is 4.84. The minimum atomic E-state index is -0.883. The van der Waals surface area contributed by atoms with Crippen molar-refractivity contribution in [1.29, 1.82) is 0 Å². The Labute approximate surface area is 164 Å². The lowest BCUT2D eigenvalue weighted by Gasteiger charge is -2.42. The Morgan fingerprint density at radius 3 is 2.15 bits per heavy atom. The summed E-state index contributed by atoms with van der Waals surface area (Å²) >= 11 is 0. The second-order valence-electron chi connectivity index (χ2n) is 10.3. The maximum Gasteiger partial charge on any atom is 0.328 e. The molecule has 146 valence electrons. The van der Waals surface area contributed by atoms with Crippen molar-refractivity contribution < 1.29 is 9.90 Å². The molecule has 0 spiro atoms. The number of hydrogen-bond acceptors (Lipinski definition) is 1. The molecule has 0 heterocycles. The molecule has 2 nitrogen and oxygen atoms in total. The van der Waals surface area contributed by atoms with Crippen LogP contribution in [0, 0.1) is 12.8 Å². The van der Waals surface area contributed by atoms with E-state index >= 15 is 0 Å². The summed E-state index contributed by atoms with van der Waals surface area (Å²) in [6.45, 7) is 16.0. The third-order valence-electron chi connectivity index (χ3n) is 7.06. The van der Waals surface area contributed by atoms with Gasteiger partial charge in [-0.25, -0.2) is 4.79 Å². The quantitative estimate of drug-likeness (QED) is 0.508. The predicted molar refractivity (Wildman–Crippen MR) is 112 cm³/mol. The average Bonchev–Trinajstić information content (AvgIpc) is 3.20. The smallest absolute Gasteiger partial charge is 0.328 e. The van der Waals surface area contributed by atoms with Crippen LogP contribution in [0.4, 0.5) is 0 Å². The number of hydrogen-bond donors (Lipinski definition) is 1. The molecule has 3 rings (SSSR count). The minimum absolute atomic E-state index is 0.163. The maximum atomic E-state index is 10.8. The summed E-state index contributed by atoms with van der Waals surface area (Å²) in [6.07, 6.45) is 9.03. The number of rotatable bonds is 4. The summed E-state index contributed by atoms with van der Waals surface area (Å²) in [4.78, 5) is 10.8. The molecule has 2 heteroatoms. The Balaban J connectivity index is 1.95. The van der Waals surface area contributed by atoms with Gasteiger partial charge in [0.1, 0.15) is 0 Å². The molecule has 1 aromatic carbocycles. The van der Waals surface area contributed by atoms with E-state index in [4.69, 9.17) is 5.11 Å². The molecule has 1 aromatic rings. The van der Waals surface area contributed by atoms with E-state index in [-0.39, 0.29) is 16.2 Å². The lowest BCUT2D eigenvalue weighted by molar-refractivity contribution is -0.131. The fourth-order valence-electron chi connectivity index (χ4n) is 4.84. The SMILES string of the molecule is CC(/C=C/[C@@H]1C[C@]1(C)c1cc2c(cc1C)C(C)(C)CCC2(C)C)=C\C(=O)O. The van der Waals surface area contributed by atoms with Gasteiger partial charge in [0, 0.05) is 6.08 Å². The van der Waals surface area contributed by atoms with Crippen LogP contribution in [0.3, 0.4) is 0 Å². The number of benzene rings is 1. The van der Waals surface area contributed by atoms with E-state index in [1.165, 1.54) is 41.2 Å². The summed E-state index contributed by atoms with van der Waals surface area (Å²) in [5, 5.41) is 8.88. The van der Waals surface area contributed by atoms with Crippen molar-refractivity contribution in [1.82, 2.24) is 0 Å². The van der Waals surface area contributed by atoms with Crippen LogP contribution in [-0.2, 0) is 21.0 Å². The van der Waals surface area contributed by atoms with Crippen molar-refractivity contribution in [3.63, 3.8) is 0 Å². The highest BCUT2D eigenvalue weighted by molar-refractivity contribution is 5.81. The zero-order chi connectivity index (χ0) is 20.2. The molecule has 0 aromatic heterocycles. The molecule has 0 saturated heterocycles. The second-order valence-corrected chi connectivity index (χ2v) is 10.3. The maximum absolute atomic E-state index is 10.8. The van der Waals surface area contributed by atoms with Crippen molar-refractivity contribution >= 4 is 5.97 Å². The van der Waals surface area contributed by atoms with Gasteiger partial charge in [-0.15, -0.1) is 0 Å². The Morgan fingerprint density at radius 2 is 1.59 bits per heavy atom. The van der Waals surface area contributed by atoms with Gasteiger partial charge < -0.3 is 5.11 Å². The monoisotopic (exact) mass is 366 g/mol. The van der Waals surface area contributed by atoms with Crippen molar-refractivity contribution in [2.45, 2.75) is 84.0 Å². The van der Waals surface area contributed by atoms with E-state index in [2.05, 4.69) is 59.8 Å². The number of carboxylic acid groups (broad SMARTS) is 1. The van der Waals surface area contributed by atoms with Crippen LogP contribution >= 0.6 is 0 Å². The predicted octanol–water partition coefficient (Wildman–Crippen LogP) is 6.21. The van der Waals surface area contributed by atoms with Crippen LogP contribution in [0.15, 0.2) is 35.9 Å². The van der Waals surface area contributed by atoms with Gasteiger partial charge in [0.05, 0.1) is 0 Å². The average molecular weight is 367 g/mol. The standard InChI is InChI=1S/C25H34O2/c1-16(12-22(26)27)8-9-18-15-25(18,7)19-14-21-20(13-17(19)2)23(3,4)10-11-24(21,5)6/h8-9,12-14,18H,10-11,15H2,1-7H3,(H,26,27)/b9-8+,16-12+/t18-,25+/m1/s1. The van der Waals surface area contributed by atoms with Gasteiger partial charge in [-0.1, -0.05) is 58.9 Å². The summed E-state index contributed by atoms with van der Waals surface area (Å²) in [5.41, 5.74) is 7.35. The van der Waals surface area contributed by atoms with E-state index in [0.717, 1.165) is 12.0 Å². The van der Waals surface area contributed by atoms with Crippen LogP contribution in [0.2, 0.25) is 0 Å². The lowest BCUT2D eigenvalue weighted by atomic mass is 9.62. The Kier molecular flexibility index (Phi) is 4.69. The highest BCUT2D eigenvalue weighted by Crippen LogP contribution is 2.57. The third-order valence-corrected chi connectivity index (χ3v) is 7.06. The van der Waals surface area contributed by atoms with E-state index in [1.54, 1.807) is 0 Å². The highest BCUT2D eigenvalue weighted by Gasteiger charge is 2.51. The number of allylic oxidation sites excluding steroid dienone is 3. The molecule has 0 aliphatic heterocycles. The summed E-state index contributed by atoms with van der Waals surface area (Å²) in [7, 11) is 0.